The summed E-state index contributed by atoms with van der Waals surface area (Å²) in [5.74, 6) is -0.496. The van der Waals surface area contributed by atoms with Crippen LogP contribution in [0.15, 0.2) is 18.2 Å². The lowest BCUT2D eigenvalue weighted by Gasteiger charge is -2.10. The topological polar surface area (TPSA) is 69.6 Å². The number of carbonyl (C=O) groups is 1. The van der Waals surface area contributed by atoms with Gasteiger partial charge in [-0.05, 0) is 24.1 Å². The maximum Gasteiger partial charge on any atom is 0.222 e. The first kappa shape index (κ1) is 11.4. The SMILES string of the molecule is CNC(=O)C(C)Cc1ccc(O)c(O)c1. The Bertz CT molecular complexity index is 363. The first-order valence-electron chi connectivity index (χ1n) is 4.77. The summed E-state index contributed by atoms with van der Waals surface area (Å²) < 4.78 is 0. The third kappa shape index (κ3) is 2.87. The molecule has 0 heterocycles. The molecular formula is C11H15NO3. The minimum absolute atomic E-state index is 0.0393. The number of phenolic OH excluding ortho intramolecular Hbond substituents is 2. The fraction of sp³-hybridized carbons (Fsp3) is 0.364. The predicted molar refractivity (Wildman–Crippen MR) is 56.7 cm³/mol. The molecule has 1 aromatic carbocycles. The van der Waals surface area contributed by atoms with E-state index in [-0.39, 0.29) is 23.3 Å². The van der Waals surface area contributed by atoms with Crippen molar-refractivity contribution in [3.05, 3.63) is 23.8 Å². The second kappa shape index (κ2) is 4.68. The molecule has 0 aromatic heterocycles. The highest BCUT2D eigenvalue weighted by atomic mass is 16.3. The van der Waals surface area contributed by atoms with E-state index in [1.165, 1.54) is 12.1 Å². The summed E-state index contributed by atoms with van der Waals surface area (Å²) >= 11 is 0. The van der Waals surface area contributed by atoms with E-state index in [9.17, 15) is 9.90 Å². The van der Waals surface area contributed by atoms with Crippen LogP contribution < -0.4 is 5.32 Å². The molecule has 1 rings (SSSR count). The fourth-order valence-electron chi connectivity index (χ4n) is 1.39. The Hall–Kier alpha value is -1.71. The molecule has 4 heteroatoms. The number of rotatable bonds is 3. The first-order valence-corrected chi connectivity index (χ1v) is 4.77. The van der Waals surface area contributed by atoms with Crippen LogP contribution in [-0.4, -0.2) is 23.2 Å². The Morgan fingerprint density at radius 2 is 2.07 bits per heavy atom. The smallest absolute Gasteiger partial charge is 0.222 e. The van der Waals surface area contributed by atoms with E-state index in [1.54, 1.807) is 13.1 Å². The van der Waals surface area contributed by atoms with E-state index in [4.69, 9.17) is 5.11 Å². The van der Waals surface area contributed by atoms with Crippen molar-refractivity contribution in [1.82, 2.24) is 5.32 Å². The quantitative estimate of drug-likeness (QED) is 0.651. The summed E-state index contributed by atoms with van der Waals surface area (Å²) in [6, 6.07) is 4.57. The van der Waals surface area contributed by atoms with Crippen molar-refractivity contribution in [3.63, 3.8) is 0 Å². The van der Waals surface area contributed by atoms with Crippen LogP contribution in [0.3, 0.4) is 0 Å². The maximum absolute atomic E-state index is 11.2. The molecule has 1 amide bonds. The van der Waals surface area contributed by atoms with Crippen LogP contribution in [0.4, 0.5) is 0 Å². The van der Waals surface area contributed by atoms with Crippen LogP contribution in [0.25, 0.3) is 0 Å². The van der Waals surface area contributed by atoms with Gasteiger partial charge in [-0.3, -0.25) is 4.79 Å². The number of aromatic hydroxyl groups is 2. The van der Waals surface area contributed by atoms with Gasteiger partial charge in [-0.25, -0.2) is 0 Å². The van der Waals surface area contributed by atoms with Gasteiger partial charge in [0.05, 0.1) is 0 Å². The molecule has 0 spiro atoms. The summed E-state index contributed by atoms with van der Waals surface area (Å²) in [6.45, 7) is 1.81. The zero-order chi connectivity index (χ0) is 11.4. The molecule has 4 nitrogen and oxygen atoms in total. The molecule has 0 aliphatic carbocycles. The second-order valence-corrected chi connectivity index (χ2v) is 3.54. The normalized spacial score (nSPS) is 12.1. The van der Waals surface area contributed by atoms with Crippen LogP contribution in [0.5, 0.6) is 11.5 Å². The second-order valence-electron chi connectivity index (χ2n) is 3.54. The molecule has 1 aromatic rings. The predicted octanol–water partition coefficient (Wildman–Crippen LogP) is 1.02. The summed E-state index contributed by atoms with van der Waals surface area (Å²) in [5.41, 5.74) is 0.821. The molecular weight excluding hydrogens is 194 g/mol. The molecule has 0 aliphatic heterocycles. The van der Waals surface area contributed by atoms with Gasteiger partial charge in [0.25, 0.3) is 0 Å². The average molecular weight is 209 g/mol. The summed E-state index contributed by atoms with van der Waals surface area (Å²) in [7, 11) is 1.59. The van der Waals surface area contributed by atoms with Crippen molar-refractivity contribution in [2.45, 2.75) is 13.3 Å². The highest BCUT2D eigenvalue weighted by Crippen LogP contribution is 2.25. The molecule has 82 valence electrons. The third-order valence-electron chi connectivity index (χ3n) is 2.28. The number of hydrogen-bond acceptors (Lipinski definition) is 3. The molecule has 15 heavy (non-hydrogen) atoms. The standard InChI is InChI=1S/C11H15NO3/c1-7(11(15)12-2)5-8-3-4-9(13)10(14)6-8/h3-4,6-7,13-14H,5H2,1-2H3,(H,12,15). The number of carbonyl (C=O) groups excluding carboxylic acids is 1. The van der Waals surface area contributed by atoms with Gasteiger partial charge in [-0.1, -0.05) is 13.0 Å². The van der Waals surface area contributed by atoms with Crippen molar-refractivity contribution < 1.29 is 15.0 Å². The van der Waals surface area contributed by atoms with Gasteiger partial charge in [0.2, 0.25) is 5.91 Å². The largest absolute Gasteiger partial charge is 0.504 e. The van der Waals surface area contributed by atoms with E-state index >= 15 is 0 Å². The highest BCUT2D eigenvalue weighted by molar-refractivity contribution is 5.78. The lowest BCUT2D eigenvalue weighted by Crippen LogP contribution is -2.26. The number of amides is 1. The van der Waals surface area contributed by atoms with Gasteiger partial charge >= 0.3 is 0 Å². The molecule has 0 saturated heterocycles. The van der Waals surface area contributed by atoms with Crippen molar-refractivity contribution in [2.24, 2.45) is 5.92 Å². The molecule has 0 bridgehead atoms. The van der Waals surface area contributed by atoms with Crippen LogP contribution in [0, 0.1) is 5.92 Å². The van der Waals surface area contributed by atoms with Gasteiger partial charge in [0.15, 0.2) is 11.5 Å². The van der Waals surface area contributed by atoms with Gasteiger partial charge in [-0.15, -0.1) is 0 Å². The zero-order valence-corrected chi connectivity index (χ0v) is 8.82. The molecule has 0 aliphatic rings. The summed E-state index contributed by atoms with van der Waals surface area (Å²) in [6.07, 6.45) is 0.535. The zero-order valence-electron chi connectivity index (χ0n) is 8.82. The highest BCUT2D eigenvalue weighted by Gasteiger charge is 2.12. The minimum Gasteiger partial charge on any atom is -0.504 e. The fourth-order valence-corrected chi connectivity index (χ4v) is 1.39. The van der Waals surface area contributed by atoms with Crippen molar-refractivity contribution in [3.8, 4) is 11.5 Å². The summed E-state index contributed by atoms with van der Waals surface area (Å²) in [5, 5.41) is 20.9. The summed E-state index contributed by atoms with van der Waals surface area (Å²) in [4.78, 5) is 11.2. The lowest BCUT2D eigenvalue weighted by atomic mass is 10.00. The van der Waals surface area contributed by atoms with E-state index in [0.29, 0.717) is 6.42 Å². The Kier molecular flexibility index (Phi) is 3.55. The minimum atomic E-state index is -0.156. The Balaban J connectivity index is 2.73. The number of benzene rings is 1. The van der Waals surface area contributed by atoms with E-state index in [0.717, 1.165) is 5.56 Å². The van der Waals surface area contributed by atoms with Crippen LogP contribution >= 0.6 is 0 Å². The van der Waals surface area contributed by atoms with Crippen LogP contribution in [0.2, 0.25) is 0 Å². The Morgan fingerprint density at radius 3 is 2.60 bits per heavy atom. The number of hydrogen-bond donors (Lipinski definition) is 3. The Morgan fingerprint density at radius 1 is 1.40 bits per heavy atom. The van der Waals surface area contributed by atoms with Gasteiger partial charge in [0, 0.05) is 13.0 Å². The Labute approximate surface area is 88.6 Å². The molecule has 0 saturated carbocycles. The van der Waals surface area contributed by atoms with Gasteiger partial charge in [0.1, 0.15) is 0 Å². The monoisotopic (exact) mass is 209 g/mol. The van der Waals surface area contributed by atoms with E-state index in [2.05, 4.69) is 5.32 Å². The van der Waals surface area contributed by atoms with E-state index < -0.39 is 0 Å². The molecule has 1 atom stereocenters. The van der Waals surface area contributed by atoms with Crippen LogP contribution in [-0.2, 0) is 11.2 Å². The number of nitrogens with one attached hydrogen (secondary N) is 1. The molecule has 0 fully saturated rings. The lowest BCUT2D eigenvalue weighted by molar-refractivity contribution is -0.123. The van der Waals surface area contributed by atoms with Crippen LogP contribution in [0.1, 0.15) is 12.5 Å². The third-order valence-corrected chi connectivity index (χ3v) is 2.28. The molecule has 0 radical (unpaired) electrons. The van der Waals surface area contributed by atoms with Crippen molar-refractivity contribution in [1.29, 1.82) is 0 Å². The van der Waals surface area contributed by atoms with Crippen molar-refractivity contribution in [2.75, 3.05) is 7.05 Å². The van der Waals surface area contributed by atoms with Crippen molar-refractivity contribution >= 4 is 5.91 Å². The molecule has 1 unspecified atom stereocenters. The average Bonchev–Trinajstić information content (AvgIpc) is 2.22. The van der Waals surface area contributed by atoms with Gasteiger partial charge < -0.3 is 15.5 Å². The first-order chi connectivity index (χ1) is 7.04. The maximum atomic E-state index is 11.2. The number of phenols is 2. The van der Waals surface area contributed by atoms with E-state index in [1.807, 2.05) is 6.92 Å². The molecule has 3 N–H and O–H groups in total. The van der Waals surface area contributed by atoms with Gasteiger partial charge in [-0.2, -0.15) is 0 Å².